The first kappa shape index (κ1) is 14.6. The molecule has 5 heteroatoms. The second-order valence-electron chi connectivity index (χ2n) is 4.09. The molecular weight excluding hydrogens is 272 g/mol. The molecule has 0 aromatic heterocycles. The molecule has 2 rings (SSSR count). The van der Waals surface area contributed by atoms with Gasteiger partial charge in [-0.15, -0.1) is 0 Å². The number of ether oxygens (including phenoxy) is 3. The Labute approximate surface area is 122 Å². The Hall–Kier alpha value is -2.82. The molecule has 0 atom stereocenters. The third kappa shape index (κ3) is 3.39. The van der Waals surface area contributed by atoms with Crippen LogP contribution in [-0.4, -0.2) is 26.0 Å². The molecule has 0 fully saturated rings. The summed E-state index contributed by atoms with van der Waals surface area (Å²) in [5.74, 6) is -0.164. The molecule has 0 saturated heterocycles. The van der Waals surface area contributed by atoms with E-state index in [0.29, 0.717) is 11.5 Å². The highest BCUT2D eigenvalue weighted by atomic mass is 16.5. The highest BCUT2D eigenvalue weighted by Crippen LogP contribution is 2.27. The Kier molecular flexibility index (Phi) is 4.56. The fourth-order valence-electron chi connectivity index (χ4n) is 1.72. The standard InChI is InChI=1S/C16H14O5/c1-19-11-7-9-12(10-8-11)21-14-6-4-3-5-13(14)15(17)16(18)20-2/h3-10H,1-2H3. The third-order valence-electron chi connectivity index (χ3n) is 2.79. The average molecular weight is 286 g/mol. The Morgan fingerprint density at radius 1 is 0.857 bits per heavy atom. The predicted octanol–water partition coefficient (Wildman–Crippen LogP) is 2.84. The summed E-state index contributed by atoms with van der Waals surface area (Å²) < 4.78 is 15.1. The number of Topliss-reactive ketones (excluding diaryl/α,β-unsaturated/α-hetero) is 1. The van der Waals surface area contributed by atoms with Crippen LogP contribution in [0.1, 0.15) is 10.4 Å². The van der Waals surface area contributed by atoms with Crippen molar-refractivity contribution in [2.45, 2.75) is 0 Å². The number of benzene rings is 2. The minimum absolute atomic E-state index is 0.153. The number of methoxy groups -OCH3 is 2. The third-order valence-corrected chi connectivity index (χ3v) is 2.79. The Morgan fingerprint density at radius 3 is 2.10 bits per heavy atom. The van der Waals surface area contributed by atoms with E-state index >= 15 is 0 Å². The van der Waals surface area contributed by atoms with Gasteiger partial charge >= 0.3 is 5.97 Å². The van der Waals surface area contributed by atoms with Crippen LogP contribution in [-0.2, 0) is 9.53 Å². The zero-order chi connectivity index (χ0) is 15.2. The van der Waals surface area contributed by atoms with Gasteiger partial charge < -0.3 is 14.2 Å². The summed E-state index contributed by atoms with van der Waals surface area (Å²) in [7, 11) is 2.73. The second kappa shape index (κ2) is 6.56. The average Bonchev–Trinajstić information content (AvgIpc) is 2.54. The van der Waals surface area contributed by atoms with E-state index in [1.165, 1.54) is 6.07 Å². The molecular formula is C16H14O5. The molecule has 2 aromatic carbocycles. The van der Waals surface area contributed by atoms with Crippen LogP contribution in [0.3, 0.4) is 0 Å². The summed E-state index contributed by atoms with van der Waals surface area (Å²) in [6.45, 7) is 0. The van der Waals surface area contributed by atoms with Gasteiger partial charge in [0, 0.05) is 0 Å². The first-order valence-electron chi connectivity index (χ1n) is 6.19. The van der Waals surface area contributed by atoms with Crippen LogP contribution in [0.4, 0.5) is 0 Å². The highest BCUT2D eigenvalue weighted by molar-refractivity contribution is 6.41. The van der Waals surface area contributed by atoms with E-state index in [2.05, 4.69) is 4.74 Å². The maximum Gasteiger partial charge on any atom is 0.379 e. The van der Waals surface area contributed by atoms with Gasteiger partial charge in [0.2, 0.25) is 0 Å². The highest BCUT2D eigenvalue weighted by Gasteiger charge is 2.20. The molecule has 108 valence electrons. The number of esters is 1. The largest absolute Gasteiger partial charge is 0.497 e. The Bertz CT molecular complexity index is 646. The molecule has 0 bridgehead atoms. The number of para-hydroxylation sites is 1. The fourth-order valence-corrected chi connectivity index (χ4v) is 1.72. The number of hydrogen-bond donors (Lipinski definition) is 0. The van der Waals surface area contributed by atoms with Gasteiger partial charge in [0.1, 0.15) is 17.2 Å². The summed E-state index contributed by atoms with van der Waals surface area (Å²) >= 11 is 0. The van der Waals surface area contributed by atoms with Gasteiger partial charge in [0.25, 0.3) is 5.78 Å². The number of ketones is 1. The SMILES string of the molecule is COC(=O)C(=O)c1ccccc1Oc1ccc(OC)cc1. The topological polar surface area (TPSA) is 61.8 Å². The van der Waals surface area contributed by atoms with Gasteiger partial charge in [-0.2, -0.15) is 0 Å². The molecule has 0 aliphatic carbocycles. The smallest absolute Gasteiger partial charge is 0.379 e. The van der Waals surface area contributed by atoms with E-state index in [0.717, 1.165) is 7.11 Å². The van der Waals surface area contributed by atoms with Crippen molar-refractivity contribution in [3.05, 3.63) is 54.1 Å². The van der Waals surface area contributed by atoms with E-state index in [1.807, 2.05) is 0 Å². The summed E-state index contributed by atoms with van der Waals surface area (Å²) in [5, 5.41) is 0. The van der Waals surface area contributed by atoms with Gasteiger partial charge in [-0.25, -0.2) is 4.79 Å². The van der Waals surface area contributed by atoms with Crippen molar-refractivity contribution in [3.8, 4) is 17.2 Å². The van der Waals surface area contributed by atoms with Gasteiger partial charge in [0.15, 0.2) is 0 Å². The minimum atomic E-state index is -0.930. The molecule has 0 heterocycles. The van der Waals surface area contributed by atoms with Crippen LogP contribution in [0.5, 0.6) is 17.2 Å². The Morgan fingerprint density at radius 2 is 1.48 bits per heavy atom. The minimum Gasteiger partial charge on any atom is -0.497 e. The molecule has 0 N–H and O–H groups in total. The lowest BCUT2D eigenvalue weighted by atomic mass is 10.1. The van der Waals surface area contributed by atoms with Crippen LogP contribution in [0.15, 0.2) is 48.5 Å². The van der Waals surface area contributed by atoms with Crippen molar-refractivity contribution in [2.75, 3.05) is 14.2 Å². The van der Waals surface area contributed by atoms with Gasteiger partial charge in [-0.3, -0.25) is 4.79 Å². The van der Waals surface area contributed by atoms with E-state index < -0.39 is 11.8 Å². The second-order valence-corrected chi connectivity index (χ2v) is 4.09. The number of hydrogen-bond acceptors (Lipinski definition) is 5. The van der Waals surface area contributed by atoms with E-state index in [1.54, 1.807) is 49.6 Å². The van der Waals surface area contributed by atoms with Crippen molar-refractivity contribution in [2.24, 2.45) is 0 Å². The molecule has 21 heavy (non-hydrogen) atoms. The van der Waals surface area contributed by atoms with Crippen molar-refractivity contribution >= 4 is 11.8 Å². The van der Waals surface area contributed by atoms with E-state index in [-0.39, 0.29) is 11.3 Å². The summed E-state index contributed by atoms with van der Waals surface area (Å²) in [4.78, 5) is 23.3. The van der Waals surface area contributed by atoms with Crippen molar-refractivity contribution in [3.63, 3.8) is 0 Å². The predicted molar refractivity (Wildman–Crippen MR) is 75.9 cm³/mol. The molecule has 0 spiro atoms. The first-order valence-corrected chi connectivity index (χ1v) is 6.19. The monoisotopic (exact) mass is 286 g/mol. The number of rotatable bonds is 5. The van der Waals surface area contributed by atoms with Crippen LogP contribution >= 0.6 is 0 Å². The quantitative estimate of drug-likeness (QED) is 0.480. The molecule has 0 amide bonds. The molecule has 0 saturated carbocycles. The number of carbonyl (C=O) groups excluding carboxylic acids is 2. The van der Waals surface area contributed by atoms with Crippen molar-refractivity contribution in [1.29, 1.82) is 0 Å². The van der Waals surface area contributed by atoms with Crippen LogP contribution in [0.2, 0.25) is 0 Å². The maximum atomic E-state index is 11.9. The first-order chi connectivity index (χ1) is 10.2. The zero-order valence-corrected chi connectivity index (χ0v) is 11.7. The molecule has 2 aromatic rings. The van der Waals surface area contributed by atoms with Gasteiger partial charge in [-0.05, 0) is 36.4 Å². The van der Waals surface area contributed by atoms with E-state index in [4.69, 9.17) is 9.47 Å². The number of carbonyl (C=O) groups is 2. The Balaban J connectivity index is 2.27. The van der Waals surface area contributed by atoms with Crippen LogP contribution < -0.4 is 9.47 Å². The van der Waals surface area contributed by atoms with Crippen molar-refractivity contribution in [1.82, 2.24) is 0 Å². The summed E-state index contributed by atoms with van der Waals surface area (Å²) in [6.07, 6.45) is 0. The zero-order valence-electron chi connectivity index (χ0n) is 11.7. The summed E-state index contributed by atoms with van der Waals surface area (Å²) in [5.41, 5.74) is 0.153. The maximum absolute atomic E-state index is 11.9. The lowest BCUT2D eigenvalue weighted by molar-refractivity contribution is -0.135. The van der Waals surface area contributed by atoms with Crippen LogP contribution in [0, 0.1) is 0 Å². The lowest BCUT2D eigenvalue weighted by Crippen LogP contribution is -2.16. The molecule has 0 aliphatic heterocycles. The normalized spacial score (nSPS) is 9.81. The van der Waals surface area contributed by atoms with Crippen LogP contribution in [0.25, 0.3) is 0 Å². The van der Waals surface area contributed by atoms with Gasteiger partial charge in [0.05, 0.1) is 19.8 Å². The molecule has 0 radical (unpaired) electrons. The molecule has 0 unspecified atom stereocenters. The lowest BCUT2D eigenvalue weighted by Gasteiger charge is -2.10. The fraction of sp³-hybridized carbons (Fsp3) is 0.125. The molecule has 5 nitrogen and oxygen atoms in total. The molecule has 0 aliphatic rings. The van der Waals surface area contributed by atoms with E-state index in [9.17, 15) is 9.59 Å². The van der Waals surface area contributed by atoms with Gasteiger partial charge in [-0.1, -0.05) is 12.1 Å². The summed E-state index contributed by atoms with van der Waals surface area (Å²) in [6, 6.07) is 13.4. The van der Waals surface area contributed by atoms with Crippen molar-refractivity contribution < 1.29 is 23.8 Å².